The fourth-order valence-electron chi connectivity index (χ4n) is 1.12. The van der Waals surface area contributed by atoms with E-state index in [2.05, 4.69) is 26.1 Å². The summed E-state index contributed by atoms with van der Waals surface area (Å²) in [4.78, 5) is 0. The molecule has 3 nitrogen and oxygen atoms in total. The van der Waals surface area contributed by atoms with Crippen LogP contribution in [0.5, 0.6) is 0 Å². The lowest BCUT2D eigenvalue weighted by atomic mass is 10.1. The van der Waals surface area contributed by atoms with E-state index in [4.69, 9.17) is 0 Å². The van der Waals surface area contributed by atoms with Crippen molar-refractivity contribution in [1.82, 2.24) is 5.32 Å². The van der Waals surface area contributed by atoms with Crippen molar-refractivity contribution in [2.45, 2.75) is 46.2 Å². The van der Waals surface area contributed by atoms with Crippen LogP contribution in [0.25, 0.3) is 0 Å². The van der Waals surface area contributed by atoms with Crippen molar-refractivity contribution in [2.24, 2.45) is 5.92 Å². The number of nitrogens with one attached hydrogen (secondary N) is 1. The first-order chi connectivity index (χ1) is 6.22. The maximum Gasteiger partial charge on any atom is 0.147 e. The third-order valence-corrected chi connectivity index (χ3v) is 3.45. The van der Waals surface area contributed by atoms with Crippen molar-refractivity contribution in [1.29, 1.82) is 0 Å². The summed E-state index contributed by atoms with van der Waals surface area (Å²) in [6, 6.07) is 0.701. The molecule has 2 atom stereocenters. The van der Waals surface area contributed by atoms with Crippen LogP contribution in [0, 0.1) is 5.92 Å². The van der Waals surface area contributed by atoms with Gasteiger partial charge in [0.15, 0.2) is 0 Å². The minimum Gasteiger partial charge on any atom is -0.311 e. The van der Waals surface area contributed by atoms with E-state index in [1.165, 1.54) is 6.26 Å². The number of sulfone groups is 1. The van der Waals surface area contributed by atoms with Crippen LogP contribution in [0.2, 0.25) is 0 Å². The smallest absolute Gasteiger partial charge is 0.147 e. The molecule has 2 unspecified atom stereocenters. The molecule has 0 aromatic rings. The van der Waals surface area contributed by atoms with Crippen LogP contribution < -0.4 is 5.32 Å². The molecule has 0 aliphatic carbocycles. The molecule has 14 heavy (non-hydrogen) atoms. The van der Waals surface area contributed by atoms with Gasteiger partial charge in [-0.15, -0.1) is 0 Å². The van der Waals surface area contributed by atoms with Crippen LogP contribution in [0.3, 0.4) is 0 Å². The molecule has 0 aromatic heterocycles. The van der Waals surface area contributed by atoms with Crippen molar-refractivity contribution in [3.63, 3.8) is 0 Å². The molecule has 0 spiro atoms. The summed E-state index contributed by atoms with van der Waals surface area (Å²) < 4.78 is 21.9. The zero-order valence-corrected chi connectivity index (χ0v) is 10.7. The van der Waals surface area contributed by atoms with E-state index in [0.717, 1.165) is 0 Å². The molecular formula is C10H23NO2S. The predicted octanol–water partition coefficient (Wildman–Crippen LogP) is 1.44. The third-order valence-electron chi connectivity index (χ3n) is 2.47. The summed E-state index contributed by atoms with van der Waals surface area (Å²) in [6.45, 7) is 8.47. The molecular weight excluding hydrogens is 198 g/mol. The van der Waals surface area contributed by atoms with Gasteiger partial charge in [0.05, 0.1) is 5.75 Å². The lowest BCUT2D eigenvalue weighted by Crippen LogP contribution is -2.38. The van der Waals surface area contributed by atoms with E-state index in [-0.39, 0.29) is 11.8 Å². The Labute approximate surface area is 88.2 Å². The Kier molecular flexibility index (Phi) is 5.67. The van der Waals surface area contributed by atoms with Crippen LogP contribution in [0.1, 0.15) is 34.1 Å². The average molecular weight is 221 g/mol. The molecule has 0 rings (SSSR count). The van der Waals surface area contributed by atoms with Crippen molar-refractivity contribution in [3.8, 4) is 0 Å². The van der Waals surface area contributed by atoms with Crippen molar-refractivity contribution >= 4 is 9.84 Å². The van der Waals surface area contributed by atoms with Crippen LogP contribution >= 0.6 is 0 Å². The van der Waals surface area contributed by atoms with E-state index in [1.807, 2.05) is 6.92 Å². The van der Waals surface area contributed by atoms with Crippen LogP contribution in [-0.4, -0.2) is 32.5 Å². The molecule has 0 fully saturated rings. The van der Waals surface area contributed by atoms with Gasteiger partial charge in [0.25, 0.3) is 0 Å². The largest absolute Gasteiger partial charge is 0.311 e. The Hall–Kier alpha value is -0.0900. The highest BCUT2D eigenvalue weighted by atomic mass is 32.2. The first-order valence-electron chi connectivity index (χ1n) is 5.16. The van der Waals surface area contributed by atoms with Crippen molar-refractivity contribution < 1.29 is 8.42 Å². The maximum atomic E-state index is 10.9. The van der Waals surface area contributed by atoms with Gasteiger partial charge in [-0.3, -0.25) is 0 Å². The van der Waals surface area contributed by atoms with E-state index < -0.39 is 9.84 Å². The Morgan fingerprint density at radius 1 is 1.14 bits per heavy atom. The Balaban J connectivity index is 3.82. The molecule has 0 bridgehead atoms. The van der Waals surface area contributed by atoms with Gasteiger partial charge in [-0.05, 0) is 26.2 Å². The summed E-state index contributed by atoms with van der Waals surface area (Å²) >= 11 is 0. The molecule has 0 radical (unpaired) electrons. The third kappa shape index (κ3) is 7.33. The van der Waals surface area contributed by atoms with Crippen LogP contribution in [0.4, 0.5) is 0 Å². The maximum absolute atomic E-state index is 10.9. The minimum atomic E-state index is -2.82. The minimum absolute atomic E-state index is 0.266. The van der Waals surface area contributed by atoms with Crippen LogP contribution in [0.15, 0.2) is 0 Å². The quantitative estimate of drug-likeness (QED) is 0.738. The van der Waals surface area contributed by atoms with Gasteiger partial charge in [0, 0.05) is 18.3 Å². The summed E-state index contributed by atoms with van der Waals surface area (Å²) in [5.41, 5.74) is 0. The first kappa shape index (κ1) is 13.9. The van der Waals surface area contributed by atoms with Gasteiger partial charge in [0.2, 0.25) is 0 Å². The second-order valence-electron chi connectivity index (χ2n) is 4.52. The van der Waals surface area contributed by atoms with Gasteiger partial charge >= 0.3 is 0 Å². The Morgan fingerprint density at radius 2 is 1.64 bits per heavy atom. The number of rotatable bonds is 6. The van der Waals surface area contributed by atoms with Gasteiger partial charge in [-0.1, -0.05) is 13.8 Å². The fourth-order valence-corrected chi connectivity index (χ4v) is 1.90. The molecule has 86 valence electrons. The normalized spacial score (nSPS) is 17.0. The standard InChI is InChI=1S/C10H23NO2S/c1-8(2)10(4)11-9(3)6-7-14(5,12)13/h8-11H,6-7H2,1-5H3. The molecule has 0 saturated carbocycles. The Morgan fingerprint density at radius 3 is 2.00 bits per heavy atom. The molecule has 1 N–H and O–H groups in total. The Bertz CT molecular complexity index is 247. The van der Waals surface area contributed by atoms with Crippen molar-refractivity contribution in [2.75, 3.05) is 12.0 Å². The molecule has 0 aromatic carbocycles. The molecule has 0 aliphatic heterocycles. The zero-order chi connectivity index (χ0) is 11.4. The van der Waals surface area contributed by atoms with E-state index in [9.17, 15) is 8.42 Å². The molecule has 0 heterocycles. The highest BCUT2D eigenvalue weighted by Crippen LogP contribution is 2.03. The summed E-state index contributed by atoms with van der Waals surface area (Å²) in [5.74, 6) is 0.849. The summed E-state index contributed by atoms with van der Waals surface area (Å²) in [7, 11) is -2.82. The highest BCUT2D eigenvalue weighted by molar-refractivity contribution is 7.90. The topological polar surface area (TPSA) is 46.2 Å². The van der Waals surface area contributed by atoms with Gasteiger partial charge in [-0.25, -0.2) is 8.42 Å². The second-order valence-corrected chi connectivity index (χ2v) is 6.78. The molecule has 0 aliphatic rings. The SMILES string of the molecule is CC(CCS(C)(=O)=O)NC(C)C(C)C. The summed E-state index contributed by atoms with van der Waals surface area (Å²) in [5, 5.41) is 3.39. The molecule has 0 amide bonds. The van der Waals surface area contributed by atoms with Gasteiger partial charge < -0.3 is 5.32 Å². The highest BCUT2D eigenvalue weighted by Gasteiger charge is 2.12. The monoisotopic (exact) mass is 221 g/mol. The molecule has 4 heteroatoms. The second kappa shape index (κ2) is 5.71. The number of hydrogen-bond donors (Lipinski definition) is 1. The van der Waals surface area contributed by atoms with E-state index >= 15 is 0 Å². The van der Waals surface area contributed by atoms with Crippen LogP contribution in [-0.2, 0) is 9.84 Å². The lowest BCUT2D eigenvalue weighted by Gasteiger charge is -2.22. The predicted molar refractivity (Wildman–Crippen MR) is 61.2 cm³/mol. The summed E-state index contributed by atoms with van der Waals surface area (Å²) in [6.07, 6.45) is 1.97. The van der Waals surface area contributed by atoms with Gasteiger partial charge in [0.1, 0.15) is 9.84 Å². The van der Waals surface area contributed by atoms with E-state index in [1.54, 1.807) is 0 Å². The van der Waals surface area contributed by atoms with Crippen molar-refractivity contribution in [3.05, 3.63) is 0 Å². The van der Waals surface area contributed by atoms with E-state index in [0.29, 0.717) is 18.4 Å². The molecule has 0 saturated heterocycles. The number of hydrogen-bond acceptors (Lipinski definition) is 3. The zero-order valence-electron chi connectivity index (χ0n) is 9.87. The lowest BCUT2D eigenvalue weighted by molar-refractivity contribution is 0.378. The fraction of sp³-hybridized carbons (Fsp3) is 1.00. The first-order valence-corrected chi connectivity index (χ1v) is 7.22. The average Bonchev–Trinajstić information content (AvgIpc) is 1.99. The van der Waals surface area contributed by atoms with Gasteiger partial charge in [-0.2, -0.15) is 0 Å².